The molecule has 0 unspecified atom stereocenters. The summed E-state index contributed by atoms with van der Waals surface area (Å²) in [7, 11) is -5.36. The van der Waals surface area contributed by atoms with E-state index in [0.717, 1.165) is 0 Å². The molecule has 0 aliphatic heterocycles. The van der Waals surface area contributed by atoms with Crippen LogP contribution in [0.2, 0.25) is 0 Å². The van der Waals surface area contributed by atoms with E-state index in [-0.39, 0.29) is 186 Å². The standard InChI is InChI=1S/C6H9O10P.6Na.6H/c7-3(8)1-6(5(11)12,2-4(9)10)16-17(13,14)15;;;;;;;;;;;;/h1-2H2,(H,7,8)(H,9,10)(H,11,12)(H2,13,14,15);;;;;;;;;;;;/q;6*+1;6*-1. The van der Waals surface area contributed by atoms with Gasteiger partial charge in [0.1, 0.15) is 0 Å². The number of carboxylic acids is 3. The van der Waals surface area contributed by atoms with E-state index >= 15 is 0 Å². The van der Waals surface area contributed by atoms with Crippen LogP contribution >= 0.6 is 7.82 Å². The molecule has 0 spiro atoms. The Morgan fingerprint density at radius 1 is 0.826 bits per heavy atom. The Hall–Kier alpha value is 4.52. The van der Waals surface area contributed by atoms with Crippen molar-refractivity contribution in [2.24, 2.45) is 0 Å². The number of phosphoric ester groups is 1. The Balaban J connectivity index is -0.0000000194. The summed E-state index contributed by atoms with van der Waals surface area (Å²) in [6, 6.07) is 0. The first-order valence-corrected chi connectivity index (χ1v) is 5.45. The molecule has 0 fully saturated rings. The van der Waals surface area contributed by atoms with E-state index < -0.39 is 44.2 Å². The molecule has 0 saturated carbocycles. The molecule has 0 aromatic rings. The normalized spacial score (nSPS) is 8.96. The van der Waals surface area contributed by atoms with E-state index in [0.29, 0.717) is 0 Å². The van der Waals surface area contributed by atoms with E-state index in [1.54, 1.807) is 0 Å². The van der Waals surface area contributed by atoms with Gasteiger partial charge in [0.05, 0.1) is 12.8 Å². The first-order chi connectivity index (χ1) is 7.48. The third-order valence-electron chi connectivity index (χ3n) is 1.56. The number of hydrogen-bond donors (Lipinski definition) is 5. The molecule has 10 nitrogen and oxygen atoms in total. The number of rotatable bonds is 7. The molecule has 5 N–H and O–H groups in total. The molecule has 0 aromatic carbocycles. The van der Waals surface area contributed by atoms with Gasteiger partial charge in [-0.2, -0.15) is 0 Å². The minimum Gasteiger partial charge on any atom is -1.00 e. The Bertz CT molecular complexity index is 405. The van der Waals surface area contributed by atoms with Crippen molar-refractivity contribution in [1.29, 1.82) is 0 Å². The minimum atomic E-state index is -5.36. The van der Waals surface area contributed by atoms with E-state index in [1.807, 2.05) is 0 Å². The van der Waals surface area contributed by atoms with Gasteiger partial charge < -0.3 is 33.7 Å². The minimum absolute atomic E-state index is 0. The van der Waals surface area contributed by atoms with Crippen molar-refractivity contribution >= 4 is 25.7 Å². The summed E-state index contributed by atoms with van der Waals surface area (Å²) in [4.78, 5) is 48.5. The van der Waals surface area contributed by atoms with Gasteiger partial charge in [-0.1, -0.05) is 0 Å². The maximum atomic E-state index is 10.8. The van der Waals surface area contributed by atoms with Gasteiger partial charge in [0.15, 0.2) is 5.60 Å². The fourth-order valence-corrected chi connectivity index (χ4v) is 1.70. The zero-order valence-electron chi connectivity index (χ0n) is 20.1. The van der Waals surface area contributed by atoms with Crippen LogP contribution in [0.5, 0.6) is 0 Å². The van der Waals surface area contributed by atoms with Gasteiger partial charge in [-0.15, -0.1) is 0 Å². The van der Waals surface area contributed by atoms with Crippen LogP contribution in [0.4, 0.5) is 0 Å². The second-order valence-corrected chi connectivity index (χ2v) is 4.19. The second kappa shape index (κ2) is 21.2. The molecule has 0 amide bonds. The van der Waals surface area contributed by atoms with Gasteiger partial charge in [-0.25, -0.2) is 9.36 Å². The summed E-state index contributed by atoms with van der Waals surface area (Å²) >= 11 is 0. The monoisotopic (exact) mass is 416 g/mol. The van der Waals surface area contributed by atoms with Crippen molar-refractivity contribution in [3.8, 4) is 0 Å². The van der Waals surface area contributed by atoms with E-state index in [2.05, 4.69) is 4.52 Å². The zero-order valence-corrected chi connectivity index (χ0v) is 27.0. The maximum Gasteiger partial charge on any atom is 1.00 e. The predicted molar refractivity (Wildman–Crippen MR) is 54.7 cm³/mol. The van der Waals surface area contributed by atoms with Crippen LogP contribution in [0.15, 0.2) is 0 Å². The number of hydrogen-bond acceptors (Lipinski definition) is 5. The first-order valence-electron chi connectivity index (χ1n) is 3.92. The number of carbonyl (C=O) groups is 3. The quantitative estimate of drug-likeness (QED) is 0.198. The summed E-state index contributed by atoms with van der Waals surface area (Å²) in [5, 5.41) is 25.5. The summed E-state index contributed by atoms with van der Waals surface area (Å²) in [5.41, 5.74) is -3.02. The average molecular weight is 416 g/mol. The molecule has 0 radical (unpaired) electrons. The average Bonchev–Trinajstić information content (AvgIpc) is 1.96. The molecule has 0 heterocycles. The van der Waals surface area contributed by atoms with Crippen LogP contribution in [0.1, 0.15) is 21.4 Å². The van der Waals surface area contributed by atoms with Crippen molar-refractivity contribution < 1.29 is 234 Å². The van der Waals surface area contributed by atoms with Gasteiger partial charge in [0.25, 0.3) is 0 Å². The van der Waals surface area contributed by atoms with Crippen molar-refractivity contribution in [2.45, 2.75) is 18.4 Å². The molecule has 0 rings (SSSR count). The van der Waals surface area contributed by atoms with Crippen molar-refractivity contribution in [3.05, 3.63) is 0 Å². The molecule has 0 aliphatic rings. The fourth-order valence-electron chi connectivity index (χ4n) is 1.03. The third-order valence-corrected chi connectivity index (χ3v) is 2.14. The van der Waals surface area contributed by atoms with Gasteiger partial charge in [-0.05, 0) is 0 Å². The Morgan fingerprint density at radius 2 is 1.09 bits per heavy atom. The SMILES string of the molecule is O=C(O)CC(CC(=O)O)(OP(=O)(O)O)C(=O)O.[H-].[H-].[H-].[H-].[H-].[H-].[Na+].[Na+].[Na+].[Na+].[Na+].[Na+]. The third kappa shape index (κ3) is 22.7. The van der Waals surface area contributed by atoms with Gasteiger partial charge >= 0.3 is 203 Å². The Labute approximate surface area is 273 Å². The Morgan fingerprint density at radius 3 is 1.22 bits per heavy atom. The van der Waals surface area contributed by atoms with E-state index in [9.17, 15) is 18.9 Å². The van der Waals surface area contributed by atoms with Crippen LogP contribution in [0, 0.1) is 0 Å². The molecule has 17 heteroatoms. The first kappa shape index (κ1) is 46.0. The van der Waals surface area contributed by atoms with Crippen LogP contribution < -0.4 is 177 Å². The fraction of sp³-hybridized carbons (Fsp3) is 0.500. The molecule has 0 aliphatic carbocycles. The number of aliphatic carboxylic acids is 3. The van der Waals surface area contributed by atoms with Crippen LogP contribution in [-0.2, 0) is 23.5 Å². The Kier molecular flexibility index (Phi) is 42.4. The number of phosphoric acid groups is 1. The molecule has 0 atom stereocenters. The van der Waals surface area contributed by atoms with E-state index in [4.69, 9.17) is 25.1 Å². The van der Waals surface area contributed by atoms with Gasteiger partial charge in [0, 0.05) is 0 Å². The molecule has 0 bridgehead atoms. The van der Waals surface area contributed by atoms with Crippen molar-refractivity contribution in [1.82, 2.24) is 0 Å². The van der Waals surface area contributed by atoms with Crippen LogP contribution in [0.3, 0.4) is 0 Å². The molecule has 23 heavy (non-hydrogen) atoms. The molecule has 0 aromatic heterocycles. The molecular formula is C6H15Na6O10P. The summed E-state index contributed by atoms with van der Waals surface area (Å²) in [6.45, 7) is 0. The zero-order chi connectivity index (χ0) is 13.9. The van der Waals surface area contributed by atoms with Crippen LogP contribution in [-0.4, -0.2) is 48.6 Å². The largest absolute Gasteiger partial charge is 1.00 e. The maximum absolute atomic E-state index is 10.8. The van der Waals surface area contributed by atoms with E-state index in [1.165, 1.54) is 0 Å². The molecule has 0 saturated heterocycles. The van der Waals surface area contributed by atoms with Gasteiger partial charge in [0.2, 0.25) is 0 Å². The summed E-state index contributed by atoms with van der Waals surface area (Å²) in [5.74, 6) is -5.64. The van der Waals surface area contributed by atoms with Gasteiger partial charge in [-0.3, -0.25) is 14.1 Å². The number of carboxylic acid groups (broad SMARTS) is 3. The topological polar surface area (TPSA) is 179 Å². The molecule has 110 valence electrons. The van der Waals surface area contributed by atoms with Crippen molar-refractivity contribution in [3.63, 3.8) is 0 Å². The predicted octanol–water partition coefficient (Wildman–Crippen LogP) is -18.4. The van der Waals surface area contributed by atoms with Crippen molar-refractivity contribution in [2.75, 3.05) is 0 Å². The summed E-state index contributed by atoms with van der Waals surface area (Å²) < 4.78 is 14.4. The summed E-state index contributed by atoms with van der Waals surface area (Å²) in [6.07, 6.45) is -2.81. The second-order valence-electron chi connectivity index (χ2n) is 3.02. The molecular weight excluding hydrogens is 401 g/mol. The smallest absolute Gasteiger partial charge is 1.00 e. The van der Waals surface area contributed by atoms with Crippen LogP contribution in [0.25, 0.3) is 0 Å².